The summed E-state index contributed by atoms with van der Waals surface area (Å²) >= 11 is 0. The Morgan fingerprint density at radius 3 is 2.25 bits per heavy atom. The number of carbonyl (C=O) groups excluding carboxylic acids is 1. The van der Waals surface area contributed by atoms with Crippen LogP contribution in [0.1, 0.15) is 38.1 Å². The van der Waals surface area contributed by atoms with Crippen LogP contribution in [0.3, 0.4) is 0 Å². The van der Waals surface area contributed by atoms with Gasteiger partial charge in [0.25, 0.3) is 0 Å². The van der Waals surface area contributed by atoms with Crippen molar-refractivity contribution in [2.45, 2.75) is 51.9 Å². The summed E-state index contributed by atoms with van der Waals surface area (Å²) in [6.07, 6.45) is -0.239. The number of benzene rings is 1. The number of esters is 1. The Hall–Kier alpha value is -1.13. The summed E-state index contributed by atoms with van der Waals surface area (Å²) in [5, 5.41) is 0.163. The third-order valence-electron chi connectivity index (χ3n) is 3.80. The SMILES string of the molecule is C[C@@H](CO[Si](C)(C)C(C)(C)C)OC(=O)c1ccccc1. The number of rotatable bonds is 5. The summed E-state index contributed by atoms with van der Waals surface area (Å²) in [5.74, 6) is -0.295. The van der Waals surface area contributed by atoms with Crippen LogP contribution < -0.4 is 0 Å². The zero-order valence-corrected chi connectivity index (χ0v) is 14.4. The molecule has 0 radical (unpaired) electrons. The van der Waals surface area contributed by atoms with Gasteiger partial charge in [-0.05, 0) is 37.2 Å². The lowest BCUT2D eigenvalue weighted by atomic mass is 10.2. The summed E-state index contributed by atoms with van der Waals surface area (Å²) in [6.45, 7) is 13.3. The molecule has 0 bridgehead atoms. The van der Waals surface area contributed by atoms with E-state index in [4.69, 9.17) is 9.16 Å². The van der Waals surface area contributed by atoms with Crippen molar-refractivity contribution >= 4 is 14.3 Å². The maximum Gasteiger partial charge on any atom is 0.338 e. The van der Waals surface area contributed by atoms with Crippen LogP contribution in [-0.4, -0.2) is 27.0 Å². The topological polar surface area (TPSA) is 35.5 Å². The molecule has 0 amide bonds. The van der Waals surface area contributed by atoms with Crippen LogP contribution in [0, 0.1) is 0 Å². The van der Waals surface area contributed by atoms with E-state index >= 15 is 0 Å². The van der Waals surface area contributed by atoms with Crippen molar-refractivity contribution in [3.63, 3.8) is 0 Å². The minimum Gasteiger partial charge on any atom is -0.457 e. The molecule has 0 N–H and O–H groups in total. The molecule has 0 saturated carbocycles. The van der Waals surface area contributed by atoms with E-state index in [2.05, 4.69) is 33.9 Å². The molecule has 1 atom stereocenters. The van der Waals surface area contributed by atoms with Gasteiger partial charge in [-0.15, -0.1) is 0 Å². The largest absolute Gasteiger partial charge is 0.457 e. The van der Waals surface area contributed by atoms with E-state index in [1.54, 1.807) is 12.1 Å². The first-order chi connectivity index (χ1) is 9.13. The predicted molar refractivity (Wildman–Crippen MR) is 84.5 cm³/mol. The molecule has 1 aromatic carbocycles. The third-order valence-corrected chi connectivity index (χ3v) is 8.30. The first-order valence-electron chi connectivity index (χ1n) is 7.03. The second-order valence-electron chi connectivity index (χ2n) is 6.65. The molecule has 0 unspecified atom stereocenters. The average molecular weight is 294 g/mol. The normalized spacial score (nSPS) is 13.9. The minimum absolute atomic E-state index is 0.163. The van der Waals surface area contributed by atoms with Crippen molar-refractivity contribution < 1.29 is 14.0 Å². The molecule has 0 heterocycles. The van der Waals surface area contributed by atoms with Gasteiger partial charge in [-0.3, -0.25) is 0 Å². The Kier molecular flexibility index (Phi) is 5.54. The molecular formula is C16H26O3Si. The van der Waals surface area contributed by atoms with Crippen molar-refractivity contribution in [3.8, 4) is 0 Å². The summed E-state index contributed by atoms with van der Waals surface area (Å²) in [4.78, 5) is 11.9. The van der Waals surface area contributed by atoms with Crippen LogP contribution in [0.2, 0.25) is 18.1 Å². The first kappa shape index (κ1) is 16.9. The van der Waals surface area contributed by atoms with Gasteiger partial charge in [0, 0.05) is 0 Å². The number of hydrogen-bond donors (Lipinski definition) is 0. The zero-order valence-electron chi connectivity index (χ0n) is 13.4. The number of hydrogen-bond acceptors (Lipinski definition) is 3. The molecule has 4 heteroatoms. The molecule has 20 heavy (non-hydrogen) atoms. The monoisotopic (exact) mass is 294 g/mol. The van der Waals surface area contributed by atoms with E-state index in [1.165, 1.54) is 0 Å². The van der Waals surface area contributed by atoms with Crippen molar-refractivity contribution in [3.05, 3.63) is 35.9 Å². The van der Waals surface area contributed by atoms with Crippen molar-refractivity contribution in [1.82, 2.24) is 0 Å². The molecule has 0 aliphatic rings. The van der Waals surface area contributed by atoms with E-state index in [0.717, 1.165) is 0 Å². The van der Waals surface area contributed by atoms with Gasteiger partial charge in [-0.2, -0.15) is 0 Å². The standard InChI is InChI=1S/C16H26O3Si/c1-13(12-18-20(5,6)16(2,3)4)19-15(17)14-10-8-7-9-11-14/h7-11,13H,12H2,1-6H3/t13-/m0/s1. The lowest BCUT2D eigenvalue weighted by Crippen LogP contribution is -2.42. The molecule has 0 aliphatic carbocycles. The molecule has 0 saturated heterocycles. The predicted octanol–water partition coefficient (Wildman–Crippen LogP) is 4.25. The lowest BCUT2D eigenvalue weighted by Gasteiger charge is -2.36. The van der Waals surface area contributed by atoms with E-state index in [1.807, 2.05) is 25.1 Å². The number of ether oxygens (including phenoxy) is 1. The Bertz CT molecular complexity index is 435. The maximum absolute atomic E-state index is 11.9. The average Bonchev–Trinajstić information content (AvgIpc) is 2.36. The highest BCUT2D eigenvalue weighted by molar-refractivity contribution is 6.74. The van der Waals surface area contributed by atoms with Gasteiger partial charge in [-0.25, -0.2) is 4.79 Å². The molecule has 112 valence electrons. The van der Waals surface area contributed by atoms with Gasteiger partial charge in [0.05, 0.1) is 12.2 Å². The van der Waals surface area contributed by atoms with Gasteiger partial charge >= 0.3 is 5.97 Å². The van der Waals surface area contributed by atoms with Gasteiger partial charge in [0.1, 0.15) is 6.10 Å². The summed E-state index contributed by atoms with van der Waals surface area (Å²) in [5.41, 5.74) is 0.576. The van der Waals surface area contributed by atoms with E-state index in [0.29, 0.717) is 12.2 Å². The molecule has 0 fully saturated rings. The molecule has 0 aromatic heterocycles. The summed E-state index contributed by atoms with van der Waals surface area (Å²) in [6, 6.07) is 9.04. The molecule has 1 rings (SSSR count). The van der Waals surface area contributed by atoms with Crippen LogP contribution in [0.4, 0.5) is 0 Å². The van der Waals surface area contributed by atoms with Gasteiger partial charge in [-0.1, -0.05) is 39.0 Å². The molecular weight excluding hydrogens is 268 g/mol. The Labute approximate surface area is 123 Å². The fourth-order valence-corrected chi connectivity index (χ4v) is 2.49. The highest BCUT2D eigenvalue weighted by atomic mass is 28.4. The Morgan fingerprint density at radius 2 is 1.75 bits per heavy atom. The van der Waals surface area contributed by atoms with E-state index in [9.17, 15) is 4.79 Å². The van der Waals surface area contributed by atoms with Crippen molar-refractivity contribution in [2.75, 3.05) is 6.61 Å². The van der Waals surface area contributed by atoms with Crippen molar-refractivity contribution in [2.24, 2.45) is 0 Å². The van der Waals surface area contributed by atoms with Gasteiger partial charge in [0.2, 0.25) is 0 Å². The van der Waals surface area contributed by atoms with Crippen molar-refractivity contribution in [1.29, 1.82) is 0 Å². The lowest BCUT2D eigenvalue weighted by molar-refractivity contribution is 0.0212. The molecule has 0 aliphatic heterocycles. The van der Waals surface area contributed by atoms with Gasteiger partial charge in [0.15, 0.2) is 8.32 Å². The minimum atomic E-state index is -1.79. The summed E-state index contributed by atoms with van der Waals surface area (Å²) in [7, 11) is -1.79. The number of carbonyl (C=O) groups is 1. The second-order valence-corrected chi connectivity index (χ2v) is 11.5. The van der Waals surface area contributed by atoms with Crippen LogP contribution in [0.5, 0.6) is 0 Å². The zero-order chi connectivity index (χ0) is 15.4. The molecule has 0 spiro atoms. The third kappa shape index (κ3) is 4.76. The quantitative estimate of drug-likeness (QED) is 0.601. The van der Waals surface area contributed by atoms with Gasteiger partial charge < -0.3 is 9.16 Å². The Balaban J connectivity index is 2.49. The fraction of sp³-hybridized carbons (Fsp3) is 0.562. The highest BCUT2D eigenvalue weighted by Crippen LogP contribution is 2.36. The summed E-state index contributed by atoms with van der Waals surface area (Å²) < 4.78 is 11.5. The van der Waals surface area contributed by atoms with Crippen LogP contribution >= 0.6 is 0 Å². The molecule has 3 nitrogen and oxygen atoms in total. The fourth-order valence-electron chi connectivity index (χ4n) is 1.40. The van der Waals surface area contributed by atoms with Crippen LogP contribution in [0.15, 0.2) is 30.3 Å². The van der Waals surface area contributed by atoms with Crippen LogP contribution in [-0.2, 0) is 9.16 Å². The van der Waals surface area contributed by atoms with Crippen LogP contribution in [0.25, 0.3) is 0 Å². The highest BCUT2D eigenvalue weighted by Gasteiger charge is 2.37. The maximum atomic E-state index is 11.9. The van der Waals surface area contributed by atoms with E-state index < -0.39 is 8.32 Å². The smallest absolute Gasteiger partial charge is 0.338 e. The second kappa shape index (κ2) is 6.55. The Morgan fingerprint density at radius 1 is 1.20 bits per heavy atom. The molecule has 1 aromatic rings. The van der Waals surface area contributed by atoms with E-state index in [-0.39, 0.29) is 17.1 Å². The first-order valence-corrected chi connectivity index (χ1v) is 9.94.